The third kappa shape index (κ3) is 1.56. The maximum atomic E-state index is 13.9. The van der Waals surface area contributed by atoms with Crippen molar-refractivity contribution >= 4 is 5.91 Å². The number of allylic oxidation sites excluding steroid dienone is 3. The van der Waals surface area contributed by atoms with E-state index in [9.17, 15) is 9.18 Å². The van der Waals surface area contributed by atoms with Gasteiger partial charge in [0.25, 0.3) is 0 Å². The van der Waals surface area contributed by atoms with Crippen LogP contribution in [0.4, 0.5) is 4.39 Å². The summed E-state index contributed by atoms with van der Waals surface area (Å²) in [6.45, 7) is 0. The van der Waals surface area contributed by atoms with Gasteiger partial charge in [0.1, 0.15) is 6.17 Å². The van der Waals surface area contributed by atoms with E-state index < -0.39 is 12.1 Å². The van der Waals surface area contributed by atoms with Gasteiger partial charge in [0, 0.05) is 23.9 Å². The fraction of sp³-hybridized carbons (Fsp3) is 0.231. The van der Waals surface area contributed by atoms with Gasteiger partial charge in [-0.3, -0.25) is 9.78 Å². The van der Waals surface area contributed by atoms with Gasteiger partial charge in [-0.2, -0.15) is 0 Å². The summed E-state index contributed by atoms with van der Waals surface area (Å²) < 4.78 is 13.9. The Labute approximate surface area is 98.1 Å². The first-order chi connectivity index (χ1) is 8.27. The largest absolute Gasteiger partial charge is 0.345 e. The normalized spacial score (nSPS) is 30.8. The Morgan fingerprint density at radius 3 is 3.06 bits per heavy atom. The Morgan fingerprint density at radius 2 is 2.29 bits per heavy atom. The molecule has 1 aliphatic carbocycles. The summed E-state index contributed by atoms with van der Waals surface area (Å²) in [6.07, 6.45) is 6.97. The van der Waals surface area contributed by atoms with Crippen LogP contribution < -0.4 is 5.32 Å². The zero-order chi connectivity index (χ0) is 11.8. The second-order valence-corrected chi connectivity index (χ2v) is 4.21. The van der Waals surface area contributed by atoms with Crippen molar-refractivity contribution in [2.75, 3.05) is 0 Å². The molecule has 3 rings (SSSR count). The maximum absolute atomic E-state index is 13.9. The van der Waals surface area contributed by atoms with Gasteiger partial charge >= 0.3 is 0 Å². The molecule has 0 bridgehead atoms. The van der Waals surface area contributed by atoms with Gasteiger partial charge < -0.3 is 5.32 Å². The number of alkyl halides is 1. The van der Waals surface area contributed by atoms with Crippen molar-refractivity contribution in [2.45, 2.75) is 12.2 Å². The highest BCUT2D eigenvalue weighted by atomic mass is 19.1. The van der Waals surface area contributed by atoms with E-state index in [1.165, 1.54) is 6.08 Å². The van der Waals surface area contributed by atoms with E-state index in [-0.39, 0.29) is 11.9 Å². The second-order valence-electron chi connectivity index (χ2n) is 4.21. The highest BCUT2D eigenvalue weighted by molar-refractivity contribution is 5.97. The smallest absolute Gasteiger partial charge is 0.248 e. The summed E-state index contributed by atoms with van der Waals surface area (Å²) in [4.78, 5) is 15.7. The van der Waals surface area contributed by atoms with Crippen LogP contribution in [-0.2, 0) is 4.79 Å². The molecule has 1 amide bonds. The van der Waals surface area contributed by atoms with Crippen LogP contribution in [0.5, 0.6) is 0 Å². The monoisotopic (exact) mass is 230 g/mol. The first kappa shape index (κ1) is 10.2. The highest BCUT2D eigenvalue weighted by Gasteiger charge is 2.43. The highest BCUT2D eigenvalue weighted by Crippen LogP contribution is 2.39. The molecule has 3 atom stereocenters. The van der Waals surface area contributed by atoms with E-state index in [0.29, 0.717) is 5.57 Å². The molecule has 17 heavy (non-hydrogen) atoms. The minimum Gasteiger partial charge on any atom is -0.345 e. The Kier molecular flexibility index (Phi) is 2.28. The number of carbonyl (C=O) groups excluding carboxylic acids is 1. The van der Waals surface area contributed by atoms with E-state index >= 15 is 0 Å². The van der Waals surface area contributed by atoms with Crippen LogP contribution in [0.3, 0.4) is 0 Å². The van der Waals surface area contributed by atoms with Crippen molar-refractivity contribution in [3.05, 3.63) is 53.9 Å². The molecule has 1 N–H and O–H groups in total. The van der Waals surface area contributed by atoms with Gasteiger partial charge in [0.15, 0.2) is 0 Å². The van der Waals surface area contributed by atoms with Gasteiger partial charge in [0.2, 0.25) is 5.91 Å². The van der Waals surface area contributed by atoms with Gasteiger partial charge in [-0.15, -0.1) is 0 Å². The molecule has 1 aromatic heterocycles. The van der Waals surface area contributed by atoms with Crippen molar-refractivity contribution in [3.63, 3.8) is 0 Å². The Hall–Kier alpha value is -1.97. The van der Waals surface area contributed by atoms with E-state index in [4.69, 9.17) is 0 Å². The molecule has 1 aliphatic heterocycles. The summed E-state index contributed by atoms with van der Waals surface area (Å²) in [7, 11) is 0. The summed E-state index contributed by atoms with van der Waals surface area (Å²) in [5.41, 5.74) is 1.36. The topological polar surface area (TPSA) is 42.0 Å². The molecular formula is C13H11FN2O. The first-order valence-electron chi connectivity index (χ1n) is 5.50. The molecule has 1 fully saturated rings. The fourth-order valence-electron chi connectivity index (χ4n) is 2.42. The lowest BCUT2D eigenvalue weighted by Gasteiger charge is -2.22. The van der Waals surface area contributed by atoms with Crippen LogP contribution in [0.1, 0.15) is 11.6 Å². The molecule has 1 aromatic rings. The van der Waals surface area contributed by atoms with E-state index in [2.05, 4.69) is 10.3 Å². The molecule has 0 aromatic carbocycles. The molecule has 86 valence electrons. The van der Waals surface area contributed by atoms with Crippen molar-refractivity contribution in [3.8, 4) is 0 Å². The van der Waals surface area contributed by atoms with Crippen molar-refractivity contribution in [1.82, 2.24) is 10.3 Å². The number of carbonyl (C=O) groups is 1. The van der Waals surface area contributed by atoms with Crippen LogP contribution in [0.25, 0.3) is 0 Å². The van der Waals surface area contributed by atoms with Gasteiger partial charge in [-0.05, 0) is 17.7 Å². The van der Waals surface area contributed by atoms with Gasteiger partial charge in [-0.25, -0.2) is 4.39 Å². The number of amides is 1. The van der Waals surface area contributed by atoms with E-state index in [1.807, 2.05) is 6.07 Å². The number of hydrogen-bond acceptors (Lipinski definition) is 2. The Bertz CT molecular complexity index is 509. The van der Waals surface area contributed by atoms with Crippen molar-refractivity contribution < 1.29 is 9.18 Å². The number of hydrogen-bond donors (Lipinski definition) is 1. The molecule has 0 spiro atoms. The lowest BCUT2D eigenvalue weighted by molar-refractivity contribution is -0.116. The number of nitrogens with one attached hydrogen (secondary N) is 1. The summed E-state index contributed by atoms with van der Waals surface area (Å²) in [5, 5.41) is 2.82. The SMILES string of the molecule is O=C1NC(c2cccnc2)C2C1=CC=CC2F. The molecule has 1 saturated heterocycles. The number of nitrogens with zero attached hydrogens (tertiary/aromatic N) is 1. The molecule has 2 aliphatic rings. The van der Waals surface area contributed by atoms with Crippen molar-refractivity contribution in [1.29, 1.82) is 0 Å². The number of pyridine rings is 1. The summed E-state index contributed by atoms with van der Waals surface area (Å²) >= 11 is 0. The fourth-order valence-corrected chi connectivity index (χ4v) is 2.42. The standard InChI is InChI=1S/C13H11FN2O/c14-10-5-1-4-9-11(10)12(16-13(9)17)8-3-2-6-15-7-8/h1-7,10-12H,(H,16,17). The zero-order valence-corrected chi connectivity index (χ0v) is 9.01. The minimum absolute atomic E-state index is 0.184. The summed E-state index contributed by atoms with van der Waals surface area (Å²) in [5.74, 6) is -0.618. The molecule has 0 radical (unpaired) electrons. The molecule has 3 nitrogen and oxygen atoms in total. The third-order valence-corrected chi connectivity index (χ3v) is 3.22. The second kappa shape index (κ2) is 3.80. The number of halogens is 1. The number of rotatable bonds is 1. The van der Waals surface area contributed by atoms with Crippen LogP contribution in [0.15, 0.2) is 48.3 Å². The lowest BCUT2D eigenvalue weighted by Crippen LogP contribution is -2.25. The lowest BCUT2D eigenvalue weighted by atomic mass is 9.85. The average molecular weight is 230 g/mol. The molecular weight excluding hydrogens is 219 g/mol. The van der Waals surface area contributed by atoms with Crippen molar-refractivity contribution in [2.24, 2.45) is 5.92 Å². The number of aromatic nitrogens is 1. The van der Waals surface area contributed by atoms with Gasteiger partial charge in [-0.1, -0.05) is 18.2 Å². The molecule has 2 heterocycles. The summed E-state index contributed by atoms with van der Waals surface area (Å²) in [6, 6.07) is 3.32. The third-order valence-electron chi connectivity index (χ3n) is 3.22. The van der Waals surface area contributed by atoms with Gasteiger partial charge in [0.05, 0.1) is 6.04 Å². The predicted octanol–water partition coefficient (Wildman–Crippen LogP) is 1.70. The maximum Gasteiger partial charge on any atom is 0.248 e. The van der Waals surface area contributed by atoms with Crippen LogP contribution in [-0.4, -0.2) is 17.1 Å². The zero-order valence-electron chi connectivity index (χ0n) is 9.01. The Morgan fingerprint density at radius 1 is 1.41 bits per heavy atom. The van der Waals surface area contributed by atoms with Crippen LogP contribution in [0, 0.1) is 5.92 Å². The molecule has 4 heteroatoms. The van der Waals surface area contributed by atoms with E-state index in [0.717, 1.165) is 5.56 Å². The molecule has 0 saturated carbocycles. The average Bonchev–Trinajstić information content (AvgIpc) is 2.70. The minimum atomic E-state index is -1.13. The number of fused-ring (bicyclic) bond motifs is 1. The first-order valence-corrected chi connectivity index (χ1v) is 5.50. The Balaban J connectivity index is 2.01. The quantitative estimate of drug-likeness (QED) is 0.797. The van der Waals surface area contributed by atoms with Crippen LogP contribution in [0.2, 0.25) is 0 Å². The predicted molar refractivity (Wildman–Crippen MR) is 60.7 cm³/mol. The molecule has 3 unspecified atom stereocenters. The van der Waals surface area contributed by atoms with Crippen LogP contribution >= 0.6 is 0 Å². The van der Waals surface area contributed by atoms with E-state index in [1.54, 1.807) is 30.6 Å².